The Bertz CT molecular complexity index is 1710. The van der Waals surface area contributed by atoms with Gasteiger partial charge in [-0.05, 0) is 0 Å². The summed E-state index contributed by atoms with van der Waals surface area (Å²) in [4.78, 5) is 165. The lowest BCUT2D eigenvalue weighted by Gasteiger charge is -2.27. The number of amides is 12. The Kier molecular flexibility index (Phi) is 49.0. The number of hydrogen-bond acceptors (Lipinski definition) is 26. The molecule has 0 aromatic carbocycles. The van der Waals surface area contributed by atoms with Crippen molar-refractivity contribution in [2.75, 3.05) is 249 Å². The van der Waals surface area contributed by atoms with Crippen molar-refractivity contribution in [2.45, 2.75) is 0 Å². The molecule has 0 rings (SSSR count). The van der Waals surface area contributed by atoms with Gasteiger partial charge >= 0.3 is 0 Å². The first-order chi connectivity index (χ1) is 42.2. The van der Waals surface area contributed by atoms with Crippen molar-refractivity contribution in [3.8, 4) is 0 Å². The molecule has 12 amide bonds. The van der Waals surface area contributed by atoms with E-state index >= 15 is 0 Å². The van der Waals surface area contributed by atoms with Crippen LogP contribution in [0.4, 0.5) is 0 Å². The molecule has 506 valence electrons. The van der Waals surface area contributed by atoms with E-state index in [0.29, 0.717) is 0 Å². The van der Waals surface area contributed by atoms with Gasteiger partial charge in [0.15, 0.2) is 0 Å². The monoisotopic (exact) mass is 1260 g/mol. The van der Waals surface area contributed by atoms with Crippen molar-refractivity contribution in [3.63, 3.8) is 0 Å². The molecule has 28 N–H and O–H groups in total. The molecule has 88 heavy (non-hydrogen) atoms. The van der Waals surface area contributed by atoms with Gasteiger partial charge in [0.2, 0.25) is 70.9 Å². The first kappa shape index (κ1) is 81.1. The van der Waals surface area contributed by atoms with E-state index in [-0.39, 0.29) is 223 Å². The third-order valence-electron chi connectivity index (χ3n) is 11.9. The Morgan fingerprint density at radius 3 is 0.386 bits per heavy atom. The molecule has 0 aliphatic rings. The van der Waals surface area contributed by atoms with E-state index in [0.717, 1.165) is 0 Å². The molecule has 38 heteroatoms. The highest BCUT2D eigenvalue weighted by Gasteiger charge is 2.23. The highest BCUT2D eigenvalue weighted by atomic mass is 16.2. The summed E-state index contributed by atoms with van der Waals surface area (Å²) in [7, 11) is 0. The van der Waals surface area contributed by atoms with Gasteiger partial charge in [0.1, 0.15) is 0 Å². The average Bonchev–Trinajstić information content (AvgIpc) is 3.48. The minimum atomic E-state index is -0.593. The van der Waals surface area contributed by atoms with Crippen LogP contribution in [0.15, 0.2) is 0 Å². The van der Waals surface area contributed by atoms with Gasteiger partial charge in [-0.25, -0.2) is 0 Å². The summed E-state index contributed by atoms with van der Waals surface area (Å²) in [5.41, 5.74) is 44.3. The predicted octanol–water partition coefficient (Wildman–Crippen LogP) is -16.1. The Morgan fingerprint density at radius 1 is 0.170 bits per heavy atom. The number of nitrogens with zero attached hydrogens (tertiary/aromatic N) is 6. The standard InChI is InChI=1S/C50H104N26O12/c51-1-9-59-39(77)27-71(28-40(78)60-10-2-52)21-17-67-47(85)35-75(36-48(86)68-18-22-72(29-41(79)61-11-3-53)30-42(80)62-12-4-54)25-26-76(37-49(87)69-19-23-73(31-43(81)63-13-5-55)32-44(82)64-14-6-56)38-50(88)70-20-24-74(33-45(83)65-15-7-57)34-46(84)66-16-8-58/h1-38,51-58H2,(H,59,77)(H,60,78)(H,61,79)(H,62,80)(H,63,81)(H,64,82)(H,65,83)(H,66,84)(H,67,85)(H,68,86)(H,69,87)(H,70,88). The Morgan fingerprint density at radius 2 is 0.273 bits per heavy atom. The lowest BCUT2D eigenvalue weighted by atomic mass is 10.3. The van der Waals surface area contributed by atoms with Gasteiger partial charge in [-0.3, -0.25) is 86.9 Å². The van der Waals surface area contributed by atoms with E-state index in [4.69, 9.17) is 45.9 Å². The van der Waals surface area contributed by atoms with Crippen molar-refractivity contribution in [2.24, 2.45) is 45.9 Å². The van der Waals surface area contributed by atoms with Gasteiger partial charge in [-0.1, -0.05) is 0 Å². The minimum absolute atomic E-state index is 0.0305. The molecule has 0 heterocycles. The first-order valence-electron chi connectivity index (χ1n) is 29.4. The van der Waals surface area contributed by atoms with Crippen LogP contribution in [0, 0.1) is 0 Å². The molecule has 0 atom stereocenters. The second-order valence-corrected chi connectivity index (χ2v) is 19.8. The molecule has 38 nitrogen and oxygen atoms in total. The molecule has 0 spiro atoms. The van der Waals surface area contributed by atoms with Gasteiger partial charge in [0.25, 0.3) is 0 Å². The molecule has 0 bridgehead atoms. The van der Waals surface area contributed by atoms with E-state index in [1.54, 1.807) is 0 Å². The maximum atomic E-state index is 13.8. The summed E-state index contributed by atoms with van der Waals surface area (Å²) in [6.07, 6.45) is 0. The Hall–Kier alpha value is -6.92. The van der Waals surface area contributed by atoms with Crippen molar-refractivity contribution < 1.29 is 57.5 Å². The van der Waals surface area contributed by atoms with Crippen LogP contribution in [0.5, 0.6) is 0 Å². The second-order valence-electron chi connectivity index (χ2n) is 19.8. The third kappa shape index (κ3) is 46.3. The highest BCUT2D eigenvalue weighted by molar-refractivity contribution is 5.85. The van der Waals surface area contributed by atoms with E-state index in [2.05, 4.69) is 63.8 Å². The molecule has 0 saturated carbocycles. The van der Waals surface area contributed by atoms with Crippen molar-refractivity contribution in [3.05, 3.63) is 0 Å². The van der Waals surface area contributed by atoms with Crippen LogP contribution in [0.2, 0.25) is 0 Å². The number of rotatable bonds is 55. The van der Waals surface area contributed by atoms with Crippen molar-refractivity contribution in [1.29, 1.82) is 0 Å². The number of nitrogens with two attached hydrogens (primary N) is 8. The van der Waals surface area contributed by atoms with Crippen molar-refractivity contribution in [1.82, 2.24) is 93.2 Å². The van der Waals surface area contributed by atoms with Gasteiger partial charge in [-0.15, -0.1) is 0 Å². The van der Waals surface area contributed by atoms with E-state index in [1.807, 2.05) is 0 Å². The number of nitrogens with one attached hydrogen (secondary N) is 12. The SMILES string of the molecule is NCCNC(=O)CN(CCNC(=O)CN(CCN(CC(=O)NCCN(CC(=O)NCCN)CC(=O)NCCN)CC(=O)NCCN(CC(=O)NCCN)CC(=O)NCCN)CC(=O)NCCN(CC(=O)NCCN)CC(=O)NCCN)CC(=O)NCCN. The van der Waals surface area contributed by atoms with Crippen LogP contribution in [0.3, 0.4) is 0 Å². The van der Waals surface area contributed by atoms with Crippen LogP contribution < -0.4 is 110 Å². The summed E-state index contributed by atoms with van der Waals surface area (Å²) in [5, 5.41) is 32.1. The molecule has 0 saturated heterocycles. The van der Waals surface area contributed by atoms with E-state index < -0.39 is 97.1 Å². The first-order valence-corrected chi connectivity index (χ1v) is 29.4. The molecular formula is C50H104N26O12. The van der Waals surface area contributed by atoms with Crippen molar-refractivity contribution >= 4 is 70.9 Å². The van der Waals surface area contributed by atoms with E-state index in [1.165, 1.54) is 29.4 Å². The van der Waals surface area contributed by atoms with E-state index in [9.17, 15) is 57.5 Å². The third-order valence-corrected chi connectivity index (χ3v) is 11.9. The van der Waals surface area contributed by atoms with Gasteiger partial charge in [-0.2, -0.15) is 0 Å². The van der Waals surface area contributed by atoms with Crippen LogP contribution >= 0.6 is 0 Å². The summed E-state index contributed by atoms with van der Waals surface area (Å²) in [6, 6.07) is 0. The summed E-state index contributed by atoms with van der Waals surface area (Å²) in [6.45, 7) is -0.788. The molecular weight excluding hydrogens is 1160 g/mol. The Balaban J connectivity index is 6.91. The van der Waals surface area contributed by atoms with Gasteiger partial charge in [0.05, 0.1) is 78.5 Å². The quantitative estimate of drug-likeness (QED) is 0.0269. The predicted molar refractivity (Wildman–Crippen MR) is 327 cm³/mol. The summed E-state index contributed by atoms with van der Waals surface area (Å²) in [5.74, 6) is -5.69. The Labute approximate surface area is 514 Å². The zero-order valence-electron chi connectivity index (χ0n) is 51.1. The minimum Gasteiger partial charge on any atom is -0.354 e. The molecule has 0 fully saturated rings. The highest BCUT2D eigenvalue weighted by Crippen LogP contribution is 1.98. The summed E-state index contributed by atoms with van der Waals surface area (Å²) < 4.78 is 0. The molecule has 0 aliphatic heterocycles. The summed E-state index contributed by atoms with van der Waals surface area (Å²) >= 11 is 0. The molecule has 0 radical (unpaired) electrons. The van der Waals surface area contributed by atoms with Crippen LogP contribution in [-0.4, -0.2) is 349 Å². The van der Waals surface area contributed by atoms with Crippen LogP contribution in [-0.2, 0) is 57.5 Å². The zero-order chi connectivity index (χ0) is 65.7. The van der Waals surface area contributed by atoms with Gasteiger partial charge < -0.3 is 110 Å². The lowest BCUT2D eigenvalue weighted by molar-refractivity contribution is -0.128. The molecule has 0 aliphatic carbocycles. The lowest BCUT2D eigenvalue weighted by Crippen LogP contribution is -2.51. The smallest absolute Gasteiger partial charge is 0.234 e. The molecule has 0 aromatic rings. The number of carbonyl (C=O) groups excluding carboxylic acids is 12. The number of hydrogen-bond donors (Lipinski definition) is 20. The molecule has 0 unspecified atom stereocenters. The fraction of sp³-hybridized carbons (Fsp3) is 0.760. The largest absolute Gasteiger partial charge is 0.354 e. The second kappa shape index (κ2) is 53.1. The normalized spacial score (nSPS) is 11.1. The molecule has 0 aromatic heterocycles. The topological polar surface area (TPSA) is 577 Å². The fourth-order valence-electron chi connectivity index (χ4n) is 7.78. The van der Waals surface area contributed by atoms with Crippen LogP contribution in [0.25, 0.3) is 0 Å². The van der Waals surface area contributed by atoms with Crippen LogP contribution in [0.1, 0.15) is 0 Å². The zero-order valence-corrected chi connectivity index (χ0v) is 51.1. The fourth-order valence-corrected chi connectivity index (χ4v) is 7.78. The number of carbonyl (C=O) groups is 12. The van der Waals surface area contributed by atoms with Gasteiger partial charge in [0, 0.05) is 170 Å². The average molecular weight is 1260 g/mol. The maximum Gasteiger partial charge on any atom is 0.234 e. The maximum absolute atomic E-state index is 13.8.